The van der Waals surface area contributed by atoms with E-state index in [9.17, 15) is 14.4 Å². The summed E-state index contributed by atoms with van der Waals surface area (Å²) in [7, 11) is 0. The average molecular weight is 494 g/mol. The molecule has 2 unspecified atom stereocenters. The first kappa shape index (κ1) is 27.2. The predicted molar refractivity (Wildman–Crippen MR) is 140 cm³/mol. The first-order chi connectivity index (χ1) is 17.1. The van der Waals surface area contributed by atoms with Gasteiger partial charge in [-0.2, -0.15) is 0 Å². The van der Waals surface area contributed by atoms with Crippen LogP contribution in [0.5, 0.6) is 0 Å². The van der Waals surface area contributed by atoms with Gasteiger partial charge in [0.05, 0.1) is 0 Å². The number of ether oxygens (including phenoxy) is 1. The third kappa shape index (κ3) is 7.33. The molecule has 0 aliphatic heterocycles. The quantitative estimate of drug-likeness (QED) is 0.516. The van der Waals surface area contributed by atoms with Crippen molar-refractivity contribution in [2.45, 2.75) is 84.2 Å². The van der Waals surface area contributed by atoms with Gasteiger partial charge in [-0.3, -0.25) is 9.59 Å². The monoisotopic (exact) mass is 493 g/mol. The summed E-state index contributed by atoms with van der Waals surface area (Å²) < 4.78 is 5.43. The number of amides is 3. The van der Waals surface area contributed by atoms with Gasteiger partial charge in [0.15, 0.2) is 0 Å². The van der Waals surface area contributed by atoms with Gasteiger partial charge < -0.3 is 20.3 Å². The van der Waals surface area contributed by atoms with E-state index < -0.39 is 23.8 Å². The van der Waals surface area contributed by atoms with Crippen molar-refractivity contribution in [1.82, 2.24) is 15.5 Å². The molecule has 36 heavy (non-hydrogen) atoms. The van der Waals surface area contributed by atoms with Gasteiger partial charge in [0.1, 0.15) is 17.7 Å². The summed E-state index contributed by atoms with van der Waals surface area (Å²) in [6, 6.07) is 17.3. The summed E-state index contributed by atoms with van der Waals surface area (Å²) >= 11 is 0. The molecule has 1 aliphatic rings. The Balaban J connectivity index is 1.91. The van der Waals surface area contributed by atoms with Crippen molar-refractivity contribution in [3.8, 4) is 0 Å². The minimum atomic E-state index is -0.825. The molecule has 0 aromatic heterocycles. The van der Waals surface area contributed by atoms with Gasteiger partial charge in [-0.1, -0.05) is 74.5 Å². The van der Waals surface area contributed by atoms with Gasteiger partial charge in [0.2, 0.25) is 11.8 Å². The lowest BCUT2D eigenvalue weighted by atomic mass is 9.87. The lowest BCUT2D eigenvalue weighted by molar-refractivity contribution is -0.148. The van der Waals surface area contributed by atoms with Crippen LogP contribution in [0.2, 0.25) is 0 Å². The second kappa shape index (κ2) is 12.1. The topological polar surface area (TPSA) is 87.7 Å². The summed E-state index contributed by atoms with van der Waals surface area (Å²) in [5.74, 6) is -0.717. The fraction of sp³-hybridized carbons (Fsp3) is 0.483. The Kier molecular flexibility index (Phi) is 9.13. The second-order valence-electron chi connectivity index (χ2n) is 10.7. The molecule has 7 heteroatoms. The molecule has 2 aromatic rings. The van der Waals surface area contributed by atoms with Gasteiger partial charge in [-0.25, -0.2) is 4.79 Å². The minimum absolute atomic E-state index is 0.0770. The maximum absolute atomic E-state index is 14.1. The molecule has 7 nitrogen and oxygen atoms in total. The number of carbonyl (C=O) groups excluding carboxylic acids is 3. The summed E-state index contributed by atoms with van der Waals surface area (Å²) in [4.78, 5) is 42.1. The van der Waals surface area contributed by atoms with Crippen LogP contribution >= 0.6 is 0 Å². The number of alkyl carbamates (subject to hydrolysis) is 1. The molecule has 1 saturated carbocycles. The number of hydrogen-bond acceptors (Lipinski definition) is 4. The highest BCUT2D eigenvalue weighted by Crippen LogP contribution is 2.34. The Morgan fingerprint density at radius 1 is 0.972 bits per heavy atom. The molecule has 194 valence electrons. The maximum atomic E-state index is 14.1. The Morgan fingerprint density at radius 3 is 2.06 bits per heavy atom. The van der Waals surface area contributed by atoms with E-state index in [0.29, 0.717) is 6.54 Å². The second-order valence-corrected chi connectivity index (χ2v) is 10.7. The molecule has 1 fully saturated rings. The molecular weight excluding hydrogens is 454 g/mol. The van der Waals surface area contributed by atoms with Crippen molar-refractivity contribution < 1.29 is 19.1 Å². The van der Waals surface area contributed by atoms with Crippen molar-refractivity contribution in [3.63, 3.8) is 0 Å². The zero-order chi connectivity index (χ0) is 26.3. The van der Waals surface area contributed by atoms with Crippen LogP contribution < -0.4 is 10.6 Å². The van der Waals surface area contributed by atoms with Crippen LogP contribution in [0.25, 0.3) is 0 Å². The molecule has 2 atom stereocenters. The van der Waals surface area contributed by atoms with Crippen LogP contribution in [0.15, 0.2) is 60.7 Å². The fourth-order valence-corrected chi connectivity index (χ4v) is 4.25. The highest BCUT2D eigenvalue weighted by molar-refractivity contribution is 5.92. The number of carbonyl (C=O) groups is 3. The van der Waals surface area contributed by atoms with Crippen LogP contribution in [0.1, 0.15) is 71.0 Å². The van der Waals surface area contributed by atoms with Crippen molar-refractivity contribution in [2.75, 3.05) is 0 Å². The molecule has 0 saturated heterocycles. The first-order valence-corrected chi connectivity index (χ1v) is 12.7. The molecule has 2 N–H and O–H groups in total. The van der Waals surface area contributed by atoms with Crippen LogP contribution in [-0.4, -0.2) is 40.5 Å². The first-order valence-electron chi connectivity index (χ1n) is 12.7. The Morgan fingerprint density at radius 2 is 1.56 bits per heavy atom. The zero-order valence-electron chi connectivity index (χ0n) is 22.0. The Bertz CT molecular complexity index is 1010. The normalized spacial score (nSPS) is 15.4. The maximum Gasteiger partial charge on any atom is 0.408 e. The molecule has 3 rings (SSSR count). The summed E-state index contributed by atoms with van der Waals surface area (Å²) in [6.45, 7) is 9.46. The van der Waals surface area contributed by atoms with Gasteiger partial charge in [0.25, 0.3) is 0 Å². The third-order valence-electron chi connectivity index (χ3n) is 6.28. The number of hydrogen-bond donors (Lipinski definition) is 2. The number of benzene rings is 2. The van der Waals surface area contributed by atoms with E-state index in [1.54, 1.807) is 25.7 Å². The third-order valence-corrected chi connectivity index (χ3v) is 6.28. The van der Waals surface area contributed by atoms with Crippen molar-refractivity contribution in [2.24, 2.45) is 5.92 Å². The van der Waals surface area contributed by atoms with E-state index in [1.165, 1.54) is 0 Å². The highest BCUT2D eigenvalue weighted by Gasteiger charge is 2.42. The predicted octanol–water partition coefficient (Wildman–Crippen LogP) is 4.97. The number of nitrogens with one attached hydrogen (secondary N) is 2. The van der Waals surface area contributed by atoms with Crippen LogP contribution in [-0.2, 0) is 20.9 Å². The van der Waals surface area contributed by atoms with Crippen LogP contribution in [0, 0.1) is 5.92 Å². The Hall–Kier alpha value is -3.35. The zero-order valence-corrected chi connectivity index (χ0v) is 22.0. The van der Waals surface area contributed by atoms with Gasteiger partial charge in [-0.05, 0) is 57.1 Å². The molecule has 1 aliphatic carbocycles. The molecule has 0 bridgehead atoms. The molecular formula is C29H39N3O4. The van der Waals surface area contributed by atoms with E-state index in [1.807, 2.05) is 74.5 Å². The molecule has 3 amide bonds. The van der Waals surface area contributed by atoms with Crippen molar-refractivity contribution in [1.29, 1.82) is 0 Å². The van der Waals surface area contributed by atoms with E-state index in [2.05, 4.69) is 10.6 Å². The minimum Gasteiger partial charge on any atom is -0.444 e. The molecule has 0 spiro atoms. The smallest absolute Gasteiger partial charge is 0.408 e. The van der Waals surface area contributed by atoms with Crippen LogP contribution in [0.4, 0.5) is 4.79 Å². The lowest BCUT2D eigenvalue weighted by Gasteiger charge is -2.44. The van der Waals surface area contributed by atoms with Crippen LogP contribution in [0.3, 0.4) is 0 Å². The van der Waals surface area contributed by atoms with Crippen molar-refractivity contribution >= 4 is 17.9 Å². The Labute approximate surface area is 214 Å². The molecule has 0 heterocycles. The van der Waals surface area contributed by atoms with Gasteiger partial charge in [0, 0.05) is 12.6 Å². The largest absolute Gasteiger partial charge is 0.444 e. The van der Waals surface area contributed by atoms with Gasteiger partial charge in [-0.15, -0.1) is 0 Å². The van der Waals surface area contributed by atoms with E-state index >= 15 is 0 Å². The number of nitrogens with zero attached hydrogens (tertiary/aromatic N) is 1. The average Bonchev–Trinajstić information content (AvgIpc) is 2.79. The standard InChI is InChI=1S/C29H39N3O4/c1-20(2)24(31-28(35)36-29(3,4)5)27(34)32(23-17-12-18-23)25(22-15-10-7-11-16-22)26(33)30-19-21-13-8-6-9-14-21/h6-11,13-16,20,23-25H,12,17-19H2,1-5H3,(H,30,33)(H,31,35). The molecule has 0 radical (unpaired) electrons. The van der Waals surface area contributed by atoms with Crippen molar-refractivity contribution in [3.05, 3.63) is 71.8 Å². The van der Waals surface area contributed by atoms with E-state index in [-0.39, 0.29) is 23.8 Å². The van der Waals surface area contributed by atoms with E-state index in [0.717, 1.165) is 30.4 Å². The fourth-order valence-electron chi connectivity index (χ4n) is 4.25. The molecule has 2 aromatic carbocycles. The summed E-state index contributed by atoms with van der Waals surface area (Å²) in [5.41, 5.74) is 1.03. The lowest BCUT2D eigenvalue weighted by Crippen LogP contribution is -2.58. The van der Waals surface area contributed by atoms with Gasteiger partial charge >= 0.3 is 6.09 Å². The summed E-state index contributed by atoms with van der Waals surface area (Å²) in [5, 5.41) is 5.81. The number of rotatable bonds is 9. The SMILES string of the molecule is CC(C)C(NC(=O)OC(C)(C)C)C(=O)N(C1CCC1)C(C(=O)NCc1ccccc1)c1ccccc1. The van der Waals surface area contributed by atoms with E-state index in [4.69, 9.17) is 4.74 Å². The summed E-state index contributed by atoms with van der Waals surface area (Å²) in [6.07, 6.45) is 1.98. The highest BCUT2D eigenvalue weighted by atomic mass is 16.6.